The third-order valence-corrected chi connectivity index (χ3v) is 3.72. The summed E-state index contributed by atoms with van der Waals surface area (Å²) in [5, 5.41) is 10.4. The van der Waals surface area contributed by atoms with E-state index < -0.39 is 6.10 Å². The highest BCUT2D eigenvalue weighted by Crippen LogP contribution is 2.27. The van der Waals surface area contributed by atoms with Crippen LogP contribution in [0.4, 0.5) is 0 Å². The van der Waals surface area contributed by atoms with E-state index in [0.29, 0.717) is 6.61 Å². The Kier molecular flexibility index (Phi) is 6.03. The van der Waals surface area contributed by atoms with Crippen LogP contribution in [0.25, 0.3) is 0 Å². The monoisotopic (exact) mass is 294 g/mol. The van der Waals surface area contributed by atoms with Crippen LogP contribution in [0, 0.1) is 0 Å². The molecule has 0 bridgehead atoms. The van der Waals surface area contributed by atoms with E-state index in [4.69, 9.17) is 14.2 Å². The molecule has 3 atom stereocenters. The molecule has 0 aliphatic carbocycles. The number of benzene rings is 1. The molecule has 2 rings (SSSR count). The molecule has 0 aromatic heterocycles. The fourth-order valence-electron chi connectivity index (χ4n) is 2.84. The topological polar surface area (TPSA) is 47.9 Å². The van der Waals surface area contributed by atoms with Gasteiger partial charge in [0, 0.05) is 5.56 Å². The Morgan fingerprint density at radius 2 is 1.90 bits per heavy atom. The Labute approximate surface area is 127 Å². The molecule has 1 heterocycles. The Bertz CT molecular complexity index is 425. The summed E-state index contributed by atoms with van der Waals surface area (Å²) in [6.07, 6.45) is 1.67. The summed E-state index contributed by atoms with van der Waals surface area (Å²) in [7, 11) is 0. The van der Waals surface area contributed by atoms with Crippen molar-refractivity contribution in [1.82, 2.24) is 0 Å². The van der Waals surface area contributed by atoms with Crippen LogP contribution >= 0.6 is 0 Å². The molecular weight excluding hydrogens is 268 g/mol. The Balaban J connectivity index is 1.91. The Hall–Kier alpha value is -1.10. The van der Waals surface area contributed by atoms with Crippen molar-refractivity contribution in [2.24, 2.45) is 0 Å². The van der Waals surface area contributed by atoms with Crippen LogP contribution in [0.5, 0.6) is 5.75 Å². The summed E-state index contributed by atoms with van der Waals surface area (Å²) in [4.78, 5) is 0. The third kappa shape index (κ3) is 4.70. The van der Waals surface area contributed by atoms with Crippen LogP contribution in [0.15, 0.2) is 24.3 Å². The molecule has 0 radical (unpaired) electrons. The van der Waals surface area contributed by atoms with Gasteiger partial charge >= 0.3 is 0 Å². The van der Waals surface area contributed by atoms with E-state index in [1.54, 1.807) is 0 Å². The summed E-state index contributed by atoms with van der Waals surface area (Å²) in [5.74, 6) is 0.727. The molecular formula is C17H26O4. The van der Waals surface area contributed by atoms with Crippen LogP contribution in [-0.4, -0.2) is 36.6 Å². The molecule has 0 spiro atoms. The van der Waals surface area contributed by atoms with E-state index >= 15 is 0 Å². The minimum absolute atomic E-state index is 0.151. The van der Waals surface area contributed by atoms with Crippen molar-refractivity contribution in [3.63, 3.8) is 0 Å². The second-order valence-corrected chi connectivity index (χ2v) is 5.67. The zero-order valence-corrected chi connectivity index (χ0v) is 13.1. The predicted octanol–water partition coefficient (Wildman–Crippen LogP) is 3.09. The van der Waals surface area contributed by atoms with Gasteiger partial charge in [0.2, 0.25) is 0 Å². The van der Waals surface area contributed by atoms with Gasteiger partial charge in [-0.15, -0.1) is 0 Å². The lowest BCUT2D eigenvalue weighted by Crippen LogP contribution is -2.34. The second kappa shape index (κ2) is 7.78. The maximum Gasteiger partial charge on any atom is 0.125 e. The molecule has 1 aromatic rings. The standard InChI is InChI=1S/C17H26O4/c1-4-19-17-8-6-5-7-15(17)16(18)11-20-14-9-12(2)21-13(3)10-14/h5-8,12-14,16,18H,4,9-11H2,1-3H3. The molecule has 1 saturated heterocycles. The first-order chi connectivity index (χ1) is 10.1. The maximum absolute atomic E-state index is 10.4. The van der Waals surface area contributed by atoms with E-state index in [2.05, 4.69) is 13.8 Å². The van der Waals surface area contributed by atoms with Gasteiger partial charge in [0.25, 0.3) is 0 Å². The molecule has 118 valence electrons. The molecule has 0 saturated carbocycles. The van der Waals surface area contributed by atoms with Crippen LogP contribution in [0.1, 0.15) is 45.3 Å². The average Bonchev–Trinajstić information content (AvgIpc) is 2.45. The smallest absolute Gasteiger partial charge is 0.125 e. The quantitative estimate of drug-likeness (QED) is 0.876. The van der Waals surface area contributed by atoms with Gasteiger partial charge in [0.05, 0.1) is 31.5 Å². The molecule has 1 aliphatic rings. The summed E-state index contributed by atoms with van der Waals surface area (Å²) in [6, 6.07) is 7.57. The minimum Gasteiger partial charge on any atom is -0.493 e. The normalized spacial score (nSPS) is 27.3. The van der Waals surface area contributed by atoms with Crippen molar-refractivity contribution in [3.8, 4) is 5.75 Å². The lowest BCUT2D eigenvalue weighted by Gasteiger charge is -2.32. The molecule has 1 N–H and O–H groups in total. The summed E-state index contributed by atoms with van der Waals surface area (Å²) < 4.78 is 17.1. The minimum atomic E-state index is -0.666. The van der Waals surface area contributed by atoms with E-state index in [0.717, 1.165) is 24.2 Å². The molecule has 21 heavy (non-hydrogen) atoms. The highest BCUT2D eigenvalue weighted by atomic mass is 16.5. The second-order valence-electron chi connectivity index (χ2n) is 5.67. The molecule has 1 aromatic carbocycles. The fourth-order valence-corrected chi connectivity index (χ4v) is 2.84. The highest BCUT2D eigenvalue weighted by Gasteiger charge is 2.26. The van der Waals surface area contributed by atoms with E-state index in [1.165, 1.54) is 0 Å². The van der Waals surface area contributed by atoms with Gasteiger partial charge in [0.15, 0.2) is 0 Å². The first kappa shape index (κ1) is 16.3. The highest BCUT2D eigenvalue weighted by molar-refractivity contribution is 5.35. The summed E-state index contributed by atoms with van der Waals surface area (Å²) in [5.41, 5.74) is 0.785. The fraction of sp³-hybridized carbons (Fsp3) is 0.647. The molecule has 1 fully saturated rings. The van der Waals surface area contributed by atoms with E-state index in [9.17, 15) is 5.11 Å². The number of aliphatic hydroxyl groups is 1. The summed E-state index contributed by atoms with van der Waals surface area (Å²) >= 11 is 0. The number of hydrogen-bond acceptors (Lipinski definition) is 4. The number of hydrogen-bond donors (Lipinski definition) is 1. The Morgan fingerprint density at radius 3 is 2.57 bits per heavy atom. The van der Waals surface area contributed by atoms with Crippen LogP contribution in [0.3, 0.4) is 0 Å². The van der Waals surface area contributed by atoms with Crippen LogP contribution < -0.4 is 4.74 Å². The molecule has 0 amide bonds. The third-order valence-electron chi connectivity index (χ3n) is 3.72. The van der Waals surface area contributed by atoms with Crippen molar-refractivity contribution in [2.75, 3.05) is 13.2 Å². The van der Waals surface area contributed by atoms with Crippen molar-refractivity contribution >= 4 is 0 Å². The van der Waals surface area contributed by atoms with Crippen molar-refractivity contribution in [3.05, 3.63) is 29.8 Å². The number of rotatable bonds is 6. The largest absolute Gasteiger partial charge is 0.493 e. The van der Waals surface area contributed by atoms with Crippen molar-refractivity contribution in [2.45, 2.75) is 58.0 Å². The number of ether oxygens (including phenoxy) is 3. The van der Waals surface area contributed by atoms with Gasteiger partial charge in [-0.25, -0.2) is 0 Å². The molecule has 4 heteroatoms. The lowest BCUT2D eigenvalue weighted by atomic mass is 10.0. The average molecular weight is 294 g/mol. The first-order valence-electron chi connectivity index (χ1n) is 7.77. The van der Waals surface area contributed by atoms with E-state index in [1.807, 2.05) is 31.2 Å². The number of para-hydroxylation sites is 1. The van der Waals surface area contributed by atoms with Gasteiger partial charge in [-0.3, -0.25) is 0 Å². The van der Waals surface area contributed by atoms with Crippen LogP contribution in [-0.2, 0) is 9.47 Å². The predicted molar refractivity (Wildman–Crippen MR) is 81.6 cm³/mol. The molecule has 1 aliphatic heterocycles. The molecule has 4 nitrogen and oxygen atoms in total. The SMILES string of the molecule is CCOc1ccccc1C(O)COC1CC(C)OC(C)C1. The number of aliphatic hydroxyl groups excluding tert-OH is 1. The Morgan fingerprint density at radius 1 is 1.24 bits per heavy atom. The maximum atomic E-state index is 10.4. The zero-order valence-electron chi connectivity index (χ0n) is 13.1. The van der Waals surface area contributed by atoms with E-state index in [-0.39, 0.29) is 24.9 Å². The van der Waals surface area contributed by atoms with Gasteiger partial charge in [0.1, 0.15) is 11.9 Å². The van der Waals surface area contributed by atoms with Gasteiger partial charge in [-0.05, 0) is 39.7 Å². The van der Waals surface area contributed by atoms with Gasteiger partial charge in [-0.1, -0.05) is 18.2 Å². The summed E-state index contributed by atoms with van der Waals surface area (Å²) in [6.45, 7) is 6.93. The van der Waals surface area contributed by atoms with Gasteiger partial charge in [-0.2, -0.15) is 0 Å². The van der Waals surface area contributed by atoms with Crippen molar-refractivity contribution < 1.29 is 19.3 Å². The molecule has 3 unspecified atom stereocenters. The zero-order chi connectivity index (χ0) is 15.2. The van der Waals surface area contributed by atoms with Crippen LogP contribution in [0.2, 0.25) is 0 Å². The van der Waals surface area contributed by atoms with Gasteiger partial charge < -0.3 is 19.3 Å². The van der Waals surface area contributed by atoms with Crippen molar-refractivity contribution in [1.29, 1.82) is 0 Å². The lowest BCUT2D eigenvalue weighted by molar-refractivity contribution is -0.114. The first-order valence-corrected chi connectivity index (χ1v) is 7.77.